The minimum atomic E-state index is 0.0902. The lowest BCUT2D eigenvalue weighted by atomic mass is 10.1. The van der Waals surface area contributed by atoms with E-state index in [-0.39, 0.29) is 17.9 Å². The van der Waals surface area contributed by atoms with E-state index in [1.165, 1.54) is 12.8 Å². The maximum Gasteiger partial charge on any atom is 0.275 e. The van der Waals surface area contributed by atoms with Crippen molar-refractivity contribution in [2.45, 2.75) is 58.4 Å². The number of fused-ring (bicyclic) bond motifs is 1. The van der Waals surface area contributed by atoms with E-state index in [1.54, 1.807) is 0 Å². The van der Waals surface area contributed by atoms with E-state index in [1.807, 2.05) is 42.7 Å². The van der Waals surface area contributed by atoms with Gasteiger partial charge in [0.05, 0.1) is 5.52 Å². The molecule has 1 aromatic carbocycles. The summed E-state index contributed by atoms with van der Waals surface area (Å²) in [5.41, 5.74) is 1.37. The fourth-order valence-corrected chi connectivity index (χ4v) is 4.81. The Labute approximate surface area is 194 Å². The van der Waals surface area contributed by atoms with Gasteiger partial charge in [0.2, 0.25) is 17.8 Å². The smallest absolute Gasteiger partial charge is 0.275 e. The Morgan fingerprint density at radius 2 is 1.36 bits per heavy atom. The highest BCUT2D eigenvalue weighted by Gasteiger charge is 2.21. The Balaban J connectivity index is 1.54. The van der Waals surface area contributed by atoms with Gasteiger partial charge in [-0.1, -0.05) is 18.2 Å². The van der Waals surface area contributed by atoms with Gasteiger partial charge in [-0.25, -0.2) is 0 Å². The van der Waals surface area contributed by atoms with Crippen LogP contribution in [-0.2, 0) is 0 Å². The Hall–Kier alpha value is -3.23. The van der Waals surface area contributed by atoms with Crippen LogP contribution < -0.4 is 9.80 Å². The maximum absolute atomic E-state index is 10.9. The van der Waals surface area contributed by atoms with Crippen molar-refractivity contribution in [1.82, 2.24) is 19.5 Å². The molecule has 2 aliphatic rings. The van der Waals surface area contributed by atoms with Crippen LogP contribution in [0.4, 0.5) is 23.5 Å². The molecule has 0 aliphatic carbocycles. The van der Waals surface area contributed by atoms with E-state index in [2.05, 4.69) is 30.0 Å². The molecule has 9 heteroatoms. The van der Waals surface area contributed by atoms with Gasteiger partial charge < -0.3 is 19.5 Å². The average molecular weight is 449 g/mol. The first-order valence-corrected chi connectivity index (χ1v) is 12.1. The van der Waals surface area contributed by atoms with Crippen LogP contribution in [0.15, 0.2) is 34.5 Å². The molecule has 2 aromatic heterocycles. The van der Waals surface area contributed by atoms with Crippen molar-refractivity contribution in [3.8, 4) is 5.88 Å². The van der Waals surface area contributed by atoms with Crippen molar-refractivity contribution in [3.63, 3.8) is 0 Å². The fourth-order valence-electron chi connectivity index (χ4n) is 4.81. The largest absolute Gasteiger partial charge is 0.493 e. The number of hydrogen-bond donors (Lipinski definition) is 1. The molecule has 0 radical (unpaired) electrons. The molecule has 4 heterocycles. The molecule has 5 rings (SSSR count). The van der Waals surface area contributed by atoms with Crippen LogP contribution in [0.25, 0.3) is 10.9 Å². The van der Waals surface area contributed by atoms with E-state index < -0.39 is 0 Å². The number of para-hydroxylation sites is 1. The highest BCUT2D eigenvalue weighted by molar-refractivity contribution is 5.95. The topological polar surface area (TPSA) is 95.0 Å². The Morgan fingerprint density at radius 3 is 1.94 bits per heavy atom. The Bertz CT molecular complexity index is 1110. The van der Waals surface area contributed by atoms with E-state index in [0.717, 1.165) is 62.8 Å². The first-order chi connectivity index (χ1) is 16.1. The van der Waals surface area contributed by atoms with Gasteiger partial charge in [0.1, 0.15) is 0 Å². The van der Waals surface area contributed by atoms with E-state index in [4.69, 9.17) is 4.98 Å². The normalized spacial score (nSPS) is 17.5. The summed E-state index contributed by atoms with van der Waals surface area (Å²) in [6, 6.07) is 7.93. The average Bonchev–Trinajstić information content (AvgIpc) is 3.15. The van der Waals surface area contributed by atoms with Gasteiger partial charge in [-0.2, -0.15) is 15.0 Å². The van der Waals surface area contributed by atoms with E-state index >= 15 is 0 Å². The minimum absolute atomic E-state index is 0.0902. The van der Waals surface area contributed by atoms with Crippen molar-refractivity contribution in [3.05, 3.63) is 24.3 Å². The third-order valence-electron chi connectivity index (χ3n) is 6.49. The van der Waals surface area contributed by atoms with Crippen molar-refractivity contribution in [2.24, 2.45) is 10.2 Å². The minimum Gasteiger partial charge on any atom is -0.493 e. The summed E-state index contributed by atoms with van der Waals surface area (Å²) < 4.78 is 1.87. The van der Waals surface area contributed by atoms with Crippen LogP contribution in [0, 0.1) is 0 Å². The van der Waals surface area contributed by atoms with Crippen LogP contribution in [0.2, 0.25) is 0 Å². The molecule has 2 aliphatic heterocycles. The first kappa shape index (κ1) is 21.6. The predicted molar refractivity (Wildman–Crippen MR) is 130 cm³/mol. The highest BCUT2D eigenvalue weighted by Crippen LogP contribution is 2.41. The number of anilines is 2. The monoisotopic (exact) mass is 448 g/mol. The van der Waals surface area contributed by atoms with Crippen LogP contribution in [0.5, 0.6) is 5.88 Å². The van der Waals surface area contributed by atoms with Crippen molar-refractivity contribution in [1.29, 1.82) is 0 Å². The molecular weight excluding hydrogens is 416 g/mol. The lowest BCUT2D eigenvalue weighted by Crippen LogP contribution is -2.34. The number of aromatic nitrogens is 4. The van der Waals surface area contributed by atoms with Crippen LogP contribution in [0.3, 0.4) is 0 Å². The summed E-state index contributed by atoms with van der Waals surface area (Å²) in [4.78, 5) is 18.5. The number of nitrogens with zero attached hydrogens (tertiary/aromatic N) is 8. The van der Waals surface area contributed by atoms with Gasteiger partial charge in [0, 0.05) is 37.6 Å². The summed E-state index contributed by atoms with van der Waals surface area (Å²) in [5, 5.41) is 20.6. The molecule has 2 fully saturated rings. The number of aromatic hydroxyl groups is 1. The highest BCUT2D eigenvalue weighted by atomic mass is 16.3. The number of piperidine rings is 2. The molecule has 33 heavy (non-hydrogen) atoms. The van der Waals surface area contributed by atoms with Crippen LogP contribution in [-0.4, -0.2) is 50.8 Å². The quantitative estimate of drug-likeness (QED) is 0.517. The van der Waals surface area contributed by atoms with Crippen LogP contribution in [0.1, 0.15) is 58.4 Å². The van der Waals surface area contributed by atoms with Gasteiger partial charge >= 0.3 is 0 Å². The molecular formula is C24H32N8O. The van der Waals surface area contributed by atoms with Gasteiger partial charge in [-0.05, 0) is 58.4 Å². The Morgan fingerprint density at radius 1 is 0.788 bits per heavy atom. The SMILES string of the molecule is CC(C)n1c(O)c(N=Nc2nc(N3CCCCC3)nc(N3CCCCC3)n2)c2ccccc21. The molecule has 0 amide bonds. The van der Waals surface area contributed by atoms with Crippen molar-refractivity contribution >= 4 is 34.4 Å². The number of hydrogen-bond acceptors (Lipinski definition) is 8. The van der Waals surface area contributed by atoms with E-state index in [9.17, 15) is 5.11 Å². The molecule has 0 saturated carbocycles. The molecule has 9 nitrogen and oxygen atoms in total. The van der Waals surface area contributed by atoms with E-state index in [0.29, 0.717) is 17.6 Å². The van der Waals surface area contributed by atoms with Crippen molar-refractivity contribution in [2.75, 3.05) is 36.0 Å². The second-order valence-electron chi connectivity index (χ2n) is 9.18. The molecule has 0 spiro atoms. The number of benzene rings is 1. The second kappa shape index (κ2) is 9.33. The fraction of sp³-hybridized carbons (Fsp3) is 0.542. The zero-order valence-electron chi connectivity index (χ0n) is 19.5. The van der Waals surface area contributed by atoms with Gasteiger partial charge in [0.25, 0.3) is 5.95 Å². The molecule has 174 valence electrons. The first-order valence-electron chi connectivity index (χ1n) is 12.1. The summed E-state index contributed by atoms with van der Waals surface area (Å²) in [6.45, 7) is 7.86. The van der Waals surface area contributed by atoms with Gasteiger partial charge in [-0.15, -0.1) is 10.2 Å². The zero-order valence-corrected chi connectivity index (χ0v) is 19.5. The molecule has 0 atom stereocenters. The number of azo groups is 1. The third kappa shape index (κ3) is 4.36. The van der Waals surface area contributed by atoms with Crippen LogP contribution >= 0.6 is 0 Å². The maximum atomic E-state index is 10.9. The second-order valence-corrected chi connectivity index (χ2v) is 9.18. The van der Waals surface area contributed by atoms with Gasteiger partial charge in [0.15, 0.2) is 5.69 Å². The molecule has 1 N–H and O–H groups in total. The Kier molecular flexibility index (Phi) is 6.11. The summed E-state index contributed by atoms with van der Waals surface area (Å²) in [6.07, 6.45) is 7.06. The molecule has 2 saturated heterocycles. The number of rotatable bonds is 5. The molecule has 0 unspecified atom stereocenters. The summed E-state index contributed by atoms with van der Waals surface area (Å²) >= 11 is 0. The van der Waals surface area contributed by atoms with Crippen molar-refractivity contribution < 1.29 is 5.11 Å². The predicted octanol–water partition coefficient (Wildman–Crippen LogP) is 5.51. The lowest BCUT2D eigenvalue weighted by Gasteiger charge is -2.29. The standard InChI is InChI=1S/C24H32N8O/c1-17(2)32-19-12-6-5-11-18(19)20(21(32)33)28-29-22-25-23(30-13-7-3-8-14-30)27-24(26-22)31-15-9-4-10-16-31/h5-6,11-12,17,33H,3-4,7-10,13-16H2,1-2H3. The zero-order chi connectivity index (χ0) is 22.8. The molecule has 0 bridgehead atoms. The van der Waals surface area contributed by atoms with Gasteiger partial charge in [-0.3, -0.25) is 0 Å². The molecule has 3 aromatic rings. The lowest BCUT2D eigenvalue weighted by molar-refractivity contribution is 0.407. The summed E-state index contributed by atoms with van der Waals surface area (Å²) in [7, 11) is 0. The summed E-state index contributed by atoms with van der Waals surface area (Å²) in [5.74, 6) is 1.74. The third-order valence-corrected chi connectivity index (χ3v) is 6.49.